The minimum atomic E-state index is -0.0964. The molecule has 2 rings (SSSR count). The maximum absolute atomic E-state index is 12.7. The maximum atomic E-state index is 12.7. The van der Waals surface area contributed by atoms with Crippen LogP contribution in [0, 0.1) is 5.92 Å². The summed E-state index contributed by atoms with van der Waals surface area (Å²) >= 11 is 0. The summed E-state index contributed by atoms with van der Waals surface area (Å²) in [5, 5.41) is 2.94. The summed E-state index contributed by atoms with van der Waals surface area (Å²) in [5.74, 6) is 0.758. The van der Waals surface area contributed by atoms with Crippen LogP contribution >= 0.6 is 0 Å². The van der Waals surface area contributed by atoms with Gasteiger partial charge in [0, 0.05) is 25.2 Å². The van der Waals surface area contributed by atoms with Gasteiger partial charge in [0.05, 0.1) is 12.5 Å². The standard InChI is InChI=1S/C20H30N2O3/c1-3-5-14-25-18-10-8-16(9-11-18)20(24)22-13-6-7-17(15-22)19(23)21-12-4-2/h8-11,17H,3-7,12-15H2,1-2H3,(H,21,23)/t17-/m1/s1. The van der Waals surface area contributed by atoms with Crippen LogP contribution in [0.15, 0.2) is 24.3 Å². The van der Waals surface area contributed by atoms with E-state index in [1.165, 1.54) is 0 Å². The second-order valence-electron chi connectivity index (χ2n) is 6.61. The van der Waals surface area contributed by atoms with E-state index in [-0.39, 0.29) is 17.7 Å². The van der Waals surface area contributed by atoms with Crippen molar-refractivity contribution in [1.82, 2.24) is 10.2 Å². The molecule has 0 saturated carbocycles. The van der Waals surface area contributed by atoms with Crippen molar-refractivity contribution in [2.75, 3.05) is 26.2 Å². The van der Waals surface area contributed by atoms with E-state index in [0.29, 0.717) is 31.8 Å². The van der Waals surface area contributed by atoms with Crippen LogP contribution in [0.3, 0.4) is 0 Å². The molecule has 1 N–H and O–H groups in total. The molecule has 1 heterocycles. The highest BCUT2D eigenvalue weighted by molar-refractivity contribution is 5.94. The van der Waals surface area contributed by atoms with Gasteiger partial charge in [-0.2, -0.15) is 0 Å². The predicted molar refractivity (Wildman–Crippen MR) is 98.8 cm³/mol. The van der Waals surface area contributed by atoms with Crippen molar-refractivity contribution in [2.24, 2.45) is 5.92 Å². The van der Waals surface area contributed by atoms with Crippen LogP contribution in [-0.4, -0.2) is 43.0 Å². The van der Waals surface area contributed by atoms with Crippen LogP contribution in [0.25, 0.3) is 0 Å². The van der Waals surface area contributed by atoms with E-state index in [0.717, 1.165) is 37.9 Å². The number of likely N-dealkylation sites (tertiary alicyclic amines) is 1. The van der Waals surface area contributed by atoms with Crippen molar-refractivity contribution in [3.63, 3.8) is 0 Å². The van der Waals surface area contributed by atoms with Crippen LogP contribution in [-0.2, 0) is 4.79 Å². The number of carbonyl (C=O) groups excluding carboxylic acids is 2. The summed E-state index contributed by atoms with van der Waals surface area (Å²) in [6.07, 6.45) is 4.76. The number of unbranched alkanes of at least 4 members (excludes halogenated alkanes) is 1. The van der Waals surface area contributed by atoms with Crippen molar-refractivity contribution in [2.45, 2.75) is 46.0 Å². The fourth-order valence-electron chi connectivity index (χ4n) is 2.98. The molecule has 1 fully saturated rings. The molecule has 1 aliphatic heterocycles. The summed E-state index contributed by atoms with van der Waals surface area (Å²) in [5.41, 5.74) is 0.650. The highest BCUT2D eigenvalue weighted by Gasteiger charge is 2.28. The molecule has 0 unspecified atom stereocenters. The number of piperidine rings is 1. The average molecular weight is 346 g/mol. The Morgan fingerprint density at radius 3 is 2.64 bits per heavy atom. The molecule has 1 aliphatic rings. The number of nitrogens with one attached hydrogen (secondary N) is 1. The Morgan fingerprint density at radius 1 is 1.20 bits per heavy atom. The molecule has 25 heavy (non-hydrogen) atoms. The van der Waals surface area contributed by atoms with Crippen molar-refractivity contribution < 1.29 is 14.3 Å². The van der Waals surface area contributed by atoms with E-state index >= 15 is 0 Å². The number of ether oxygens (including phenoxy) is 1. The molecule has 1 atom stereocenters. The smallest absolute Gasteiger partial charge is 0.253 e. The van der Waals surface area contributed by atoms with Gasteiger partial charge in [-0.15, -0.1) is 0 Å². The van der Waals surface area contributed by atoms with Crippen molar-refractivity contribution >= 4 is 11.8 Å². The van der Waals surface area contributed by atoms with E-state index in [1.54, 1.807) is 4.90 Å². The molecule has 0 aromatic heterocycles. The maximum Gasteiger partial charge on any atom is 0.253 e. The lowest BCUT2D eigenvalue weighted by Gasteiger charge is -2.32. The third kappa shape index (κ3) is 5.76. The molecular weight excluding hydrogens is 316 g/mol. The monoisotopic (exact) mass is 346 g/mol. The van der Waals surface area contributed by atoms with Crippen LogP contribution in [0.5, 0.6) is 5.75 Å². The van der Waals surface area contributed by atoms with Crippen molar-refractivity contribution in [1.29, 1.82) is 0 Å². The largest absolute Gasteiger partial charge is 0.494 e. The van der Waals surface area contributed by atoms with Gasteiger partial charge in [-0.05, 0) is 49.9 Å². The first-order valence-electron chi connectivity index (χ1n) is 9.45. The zero-order valence-electron chi connectivity index (χ0n) is 15.4. The van der Waals surface area contributed by atoms with Gasteiger partial charge in [-0.3, -0.25) is 9.59 Å². The number of benzene rings is 1. The quantitative estimate of drug-likeness (QED) is 0.735. The van der Waals surface area contributed by atoms with Gasteiger partial charge < -0.3 is 15.0 Å². The van der Waals surface area contributed by atoms with Crippen LogP contribution in [0.1, 0.15) is 56.3 Å². The molecule has 138 valence electrons. The van der Waals surface area contributed by atoms with Crippen molar-refractivity contribution in [3.05, 3.63) is 29.8 Å². The molecule has 5 heteroatoms. The fourth-order valence-corrected chi connectivity index (χ4v) is 2.98. The second-order valence-corrected chi connectivity index (χ2v) is 6.61. The van der Waals surface area contributed by atoms with E-state index in [9.17, 15) is 9.59 Å². The molecule has 0 radical (unpaired) electrons. The first-order chi connectivity index (χ1) is 12.2. The molecule has 2 amide bonds. The highest BCUT2D eigenvalue weighted by atomic mass is 16.5. The minimum absolute atomic E-state index is 0.00639. The summed E-state index contributed by atoms with van der Waals surface area (Å²) < 4.78 is 5.63. The third-order valence-electron chi connectivity index (χ3n) is 4.50. The second kappa shape index (κ2) is 10.1. The fraction of sp³-hybridized carbons (Fsp3) is 0.600. The molecule has 0 aliphatic carbocycles. The Morgan fingerprint density at radius 2 is 1.96 bits per heavy atom. The summed E-state index contributed by atoms with van der Waals surface area (Å²) in [6.45, 7) is 6.77. The number of nitrogens with zero attached hydrogens (tertiary/aromatic N) is 1. The summed E-state index contributed by atoms with van der Waals surface area (Å²) in [6, 6.07) is 7.31. The zero-order chi connectivity index (χ0) is 18.1. The van der Waals surface area contributed by atoms with Gasteiger partial charge >= 0.3 is 0 Å². The van der Waals surface area contributed by atoms with Gasteiger partial charge in [0.25, 0.3) is 5.91 Å². The van der Waals surface area contributed by atoms with E-state index < -0.39 is 0 Å². The molecule has 0 bridgehead atoms. The normalized spacial score (nSPS) is 17.2. The van der Waals surface area contributed by atoms with Gasteiger partial charge in [0.15, 0.2) is 0 Å². The van der Waals surface area contributed by atoms with Gasteiger partial charge in [0.1, 0.15) is 5.75 Å². The lowest BCUT2D eigenvalue weighted by atomic mass is 9.96. The topological polar surface area (TPSA) is 58.6 Å². The summed E-state index contributed by atoms with van der Waals surface area (Å²) in [7, 11) is 0. The minimum Gasteiger partial charge on any atom is -0.494 e. The average Bonchev–Trinajstić information content (AvgIpc) is 2.66. The first kappa shape index (κ1) is 19.3. The van der Waals surface area contributed by atoms with E-state index in [4.69, 9.17) is 4.74 Å². The lowest BCUT2D eigenvalue weighted by Crippen LogP contribution is -2.45. The van der Waals surface area contributed by atoms with Crippen LogP contribution < -0.4 is 10.1 Å². The van der Waals surface area contributed by atoms with Crippen LogP contribution in [0.2, 0.25) is 0 Å². The SMILES string of the molecule is CCCCOc1ccc(C(=O)N2CCC[C@@H](C(=O)NCCC)C2)cc1. The van der Waals surface area contributed by atoms with E-state index in [2.05, 4.69) is 12.2 Å². The lowest BCUT2D eigenvalue weighted by molar-refractivity contribution is -0.126. The number of amides is 2. The molecular formula is C20H30N2O3. The molecule has 0 spiro atoms. The Hall–Kier alpha value is -2.04. The number of rotatable bonds is 8. The Balaban J connectivity index is 1.91. The highest BCUT2D eigenvalue weighted by Crippen LogP contribution is 2.20. The van der Waals surface area contributed by atoms with Crippen molar-refractivity contribution in [3.8, 4) is 5.75 Å². The third-order valence-corrected chi connectivity index (χ3v) is 4.50. The Labute approximate surface area is 150 Å². The van der Waals surface area contributed by atoms with Gasteiger partial charge in [-0.25, -0.2) is 0 Å². The number of hydrogen-bond donors (Lipinski definition) is 1. The molecule has 1 aromatic rings. The number of carbonyl (C=O) groups is 2. The van der Waals surface area contributed by atoms with Crippen LogP contribution in [0.4, 0.5) is 0 Å². The number of hydrogen-bond acceptors (Lipinski definition) is 3. The van der Waals surface area contributed by atoms with E-state index in [1.807, 2.05) is 31.2 Å². The summed E-state index contributed by atoms with van der Waals surface area (Å²) in [4.78, 5) is 26.7. The molecule has 1 saturated heterocycles. The molecule has 5 nitrogen and oxygen atoms in total. The zero-order valence-corrected chi connectivity index (χ0v) is 15.4. The first-order valence-corrected chi connectivity index (χ1v) is 9.45. The molecule has 1 aromatic carbocycles. The van der Waals surface area contributed by atoms with Gasteiger partial charge in [0.2, 0.25) is 5.91 Å². The van der Waals surface area contributed by atoms with Gasteiger partial charge in [-0.1, -0.05) is 20.3 Å². The predicted octanol–water partition coefficient (Wildman–Crippen LogP) is 3.24. The Bertz CT molecular complexity index is 557. The Kier molecular flexibility index (Phi) is 7.76.